The lowest BCUT2D eigenvalue weighted by Crippen LogP contribution is -2.29. The van der Waals surface area contributed by atoms with Gasteiger partial charge in [0.2, 0.25) is 5.95 Å². The summed E-state index contributed by atoms with van der Waals surface area (Å²) in [5, 5.41) is 6.18. The number of carbonyl (C=O) groups excluding carboxylic acids is 1. The molecule has 5 nitrogen and oxygen atoms in total. The van der Waals surface area contributed by atoms with Gasteiger partial charge in [0.1, 0.15) is 5.69 Å². The van der Waals surface area contributed by atoms with Crippen molar-refractivity contribution in [1.29, 1.82) is 0 Å². The molecule has 1 heterocycles. The molecular weight excluding hydrogens is 288 g/mol. The summed E-state index contributed by atoms with van der Waals surface area (Å²) < 4.78 is 0. The molecule has 0 aromatic carbocycles. The van der Waals surface area contributed by atoms with E-state index in [1.807, 2.05) is 27.7 Å². The number of hydrogen-bond donors (Lipinski definition) is 2. The van der Waals surface area contributed by atoms with Crippen molar-refractivity contribution >= 4 is 11.9 Å². The Balaban J connectivity index is 1.94. The Morgan fingerprint density at radius 1 is 1.26 bits per heavy atom. The average Bonchev–Trinajstić information content (AvgIpc) is 2.45. The number of amides is 1. The maximum absolute atomic E-state index is 12.3. The van der Waals surface area contributed by atoms with E-state index in [0.29, 0.717) is 18.2 Å². The number of hydrogen-bond acceptors (Lipinski definition) is 4. The fourth-order valence-corrected chi connectivity index (χ4v) is 2.64. The first-order valence-corrected chi connectivity index (χ1v) is 8.43. The molecule has 23 heavy (non-hydrogen) atoms. The number of rotatable bonds is 5. The summed E-state index contributed by atoms with van der Waals surface area (Å²) in [6.45, 7) is 8.65. The molecule has 126 valence electrons. The first kappa shape index (κ1) is 17.4. The third-order valence-electron chi connectivity index (χ3n) is 3.69. The molecule has 5 heteroatoms. The second-order valence-corrected chi connectivity index (χ2v) is 7.21. The van der Waals surface area contributed by atoms with Crippen molar-refractivity contribution in [2.24, 2.45) is 0 Å². The fraction of sp³-hybridized carbons (Fsp3) is 0.611. The molecule has 0 unspecified atom stereocenters. The third-order valence-corrected chi connectivity index (χ3v) is 3.69. The predicted octanol–water partition coefficient (Wildman–Crippen LogP) is 3.62. The molecule has 0 fully saturated rings. The van der Waals surface area contributed by atoms with Crippen LogP contribution in [0.4, 0.5) is 5.95 Å². The second kappa shape index (κ2) is 7.57. The summed E-state index contributed by atoms with van der Waals surface area (Å²) in [6.07, 6.45) is 8.16. The first-order valence-electron chi connectivity index (χ1n) is 8.43. The molecule has 1 amide bonds. The van der Waals surface area contributed by atoms with Crippen LogP contribution in [-0.2, 0) is 0 Å². The highest BCUT2D eigenvalue weighted by Gasteiger charge is 2.15. The van der Waals surface area contributed by atoms with Crippen LogP contribution >= 0.6 is 0 Å². The summed E-state index contributed by atoms with van der Waals surface area (Å²) in [4.78, 5) is 21.0. The molecule has 0 saturated carbocycles. The van der Waals surface area contributed by atoms with E-state index in [9.17, 15) is 4.79 Å². The van der Waals surface area contributed by atoms with E-state index in [2.05, 4.69) is 26.7 Å². The van der Waals surface area contributed by atoms with Gasteiger partial charge in [-0.3, -0.25) is 4.79 Å². The molecule has 1 aromatic rings. The SMILES string of the molecule is Cc1cc(C(=O)NCCC2=CCCCC2)nc(NC(C)(C)C)n1. The van der Waals surface area contributed by atoms with Crippen molar-refractivity contribution in [2.75, 3.05) is 11.9 Å². The van der Waals surface area contributed by atoms with E-state index < -0.39 is 0 Å². The minimum absolute atomic E-state index is 0.135. The minimum atomic E-state index is -0.144. The zero-order valence-electron chi connectivity index (χ0n) is 14.7. The van der Waals surface area contributed by atoms with Crippen molar-refractivity contribution in [1.82, 2.24) is 15.3 Å². The molecule has 0 aliphatic heterocycles. The quantitative estimate of drug-likeness (QED) is 0.814. The van der Waals surface area contributed by atoms with Gasteiger partial charge in [-0.1, -0.05) is 11.6 Å². The Morgan fingerprint density at radius 3 is 2.70 bits per heavy atom. The fourth-order valence-electron chi connectivity index (χ4n) is 2.64. The highest BCUT2D eigenvalue weighted by atomic mass is 16.1. The number of carbonyl (C=O) groups is 1. The Labute approximate surface area is 139 Å². The highest BCUT2D eigenvalue weighted by Crippen LogP contribution is 2.19. The van der Waals surface area contributed by atoms with Gasteiger partial charge in [-0.15, -0.1) is 0 Å². The Kier molecular flexibility index (Phi) is 5.74. The van der Waals surface area contributed by atoms with Gasteiger partial charge in [0, 0.05) is 17.8 Å². The van der Waals surface area contributed by atoms with Crippen molar-refractivity contribution in [3.05, 3.63) is 29.1 Å². The van der Waals surface area contributed by atoms with Gasteiger partial charge in [-0.2, -0.15) is 0 Å². The maximum Gasteiger partial charge on any atom is 0.270 e. The van der Waals surface area contributed by atoms with E-state index in [1.165, 1.54) is 31.3 Å². The topological polar surface area (TPSA) is 66.9 Å². The molecule has 2 N–H and O–H groups in total. The number of aryl methyl sites for hydroxylation is 1. The third kappa shape index (κ3) is 6.00. The molecule has 2 rings (SSSR count). The van der Waals surface area contributed by atoms with E-state index in [-0.39, 0.29) is 11.4 Å². The van der Waals surface area contributed by atoms with Crippen molar-refractivity contribution in [3.8, 4) is 0 Å². The second-order valence-electron chi connectivity index (χ2n) is 7.21. The molecule has 1 aliphatic rings. The van der Waals surface area contributed by atoms with E-state index in [0.717, 1.165) is 12.1 Å². The average molecular weight is 316 g/mol. The van der Waals surface area contributed by atoms with Gasteiger partial charge < -0.3 is 10.6 Å². The highest BCUT2D eigenvalue weighted by molar-refractivity contribution is 5.92. The van der Waals surface area contributed by atoms with Gasteiger partial charge in [0.05, 0.1) is 0 Å². The molecule has 1 aliphatic carbocycles. The van der Waals surface area contributed by atoms with Gasteiger partial charge in [0.15, 0.2) is 0 Å². The maximum atomic E-state index is 12.3. The lowest BCUT2D eigenvalue weighted by Gasteiger charge is -2.21. The molecule has 0 radical (unpaired) electrons. The lowest BCUT2D eigenvalue weighted by atomic mass is 9.97. The Hall–Kier alpha value is -1.91. The standard InChI is InChI=1S/C18H28N4O/c1-13-12-15(21-17(20-13)22-18(2,3)4)16(23)19-11-10-14-8-6-5-7-9-14/h8,12H,5-7,9-11H2,1-4H3,(H,19,23)(H,20,21,22). The van der Waals surface area contributed by atoms with Crippen LogP contribution in [0.1, 0.15) is 69.1 Å². The summed E-state index contributed by atoms with van der Waals surface area (Å²) in [7, 11) is 0. The summed E-state index contributed by atoms with van der Waals surface area (Å²) in [6, 6.07) is 1.73. The zero-order chi connectivity index (χ0) is 16.9. The van der Waals surface area contributed by atoms with E-state index in [1.54, 1.807) is 6.07 Å². The summed E-state index contributed by atoms with van der Waals surface area (Å²) in [5.41, 5.74) is 2.52. The lowest BCUT2D eigenvalue weighted by molar-refractivity contribution is 0.0949. The zero-order valence-corrected chi connectivity index (χ0v) is 14.7. The van der Waals surface area contributed by atoms with Crippen LogP contribution in [0.25, 0.3) is 0 Å². The van der Waals surface area contributed by atoms with Crippen molar-refractivity contribution in [2.45, 2.75) is 65.3 Å². The van der Waals surface area contributed by atoms with Crippen LogP contribution in [0.2, 0.25) is 0 Å². The Bertz CT molecular complexity index is 587. The molecule has 0 bridgehead atoms. The molecular formula is C18H28N4O. The van der Waals surface area contributed by atoms with Crippen LogP contribution in [0.5, 0.6) is 0 Å². The number of nitrogens with one attached hydrogen (secondary N) is 2. The predicted molar refractivity (Wildman–Crippen MR) is 93.6 cm³/mol. The van der Waals surface area contributed by atoms with Crippen LogP contribution in [0, 0.1) is 6.92 Å². The van der Waals surface area contributed by atoms with Gasteiger partial charge >= 0.3 is 0 Å². The number of nitrogens with zero attached hydrogens (tertiary/aromatic N) is 2. The number of allylic oxidation sites excluding steroid dienone is 1. The van der Waals surface area contributed by atoms with Crippen LogP contribution in [0.15, 0.2) is 17.7 Å². The van der Waals surface area contributed by atoms with Crippen molar-refractivity contribution in [3.63, 3.8) is 0 Å². The number of aromatic nitrogens is 2. The molecule has 1 aromatic heterocycles. The van der Waals surface area contributed by atoms with Gasteiger partial charge in [-0.25, -0.2) is 9.97 Å². The van der Waals surface area contributed by atoms with Crippen LogP contribution < -0.4 is 10.6 Å². The number of anilines is 1. The van der Waals surface area contributed by atoms with Crippen LogP contribution in [-0.4, -0.2) is 28.0 Å². The van der Waals surface area contributed by atoms with E-state index in [4.69, 9.17) is 0 Å². The summed E-state index contributed by atoms with van der Waals surface area (Å²) in [5.74, 6) is 0.363. The van der Waals surface area contributed by atoms with Crippen molar-refractivity contribution < 1.29 is 4.79 Å². The molecule has 0 saturated heterocycles. The Morgan fingerprint density at radius 2 is 2.04 bits per heavy atom. The van der Waals surface area contributed by atoms with Gasteiger partial charge in [0.25, 0.3) is 5.91 Å². The van der Waals surface area contributed by atoms with E-state index >= 15 is 0 Å². The largest absolute Gasteiger partial charge is 0.350 e. The first-order chi connectivity index (χ1) is 10.8. The summed E-state index contributed by atoms with van der Waals surface area (Å²) >= 11 is 0. The smallest absolute Gasteiger partial charge is 0.270 e. The van der Waals surface area contributed by atoms with Gasteiger partial charge in [-0.05, 0) is 65.9 Å². The normalized spacial score (nSPS) is 15.0. The monoisotopic (exact) mass is 316 g/mol. The minimum Gasteiger partial charge on any atom is -0.350 e. The molecule has 0 atom stereocenters. The van der Waals surface area contributed by atoms with Crippen LogP contribution in [0.3, 0.4) is 0 Å². The molecule has 0 spiro atoms.